The van der Waals surface area contributed by atoms with Gasteiger partial charge in [0.05, 0.1) is 6.42 Å². The van der Waals surface area contributed by atoms with Gasteiger partial charge in [-0.05, 0) is 76.0 Å². The Bertz CT molecular complexity index is 695. The summed E-state index contributed by atoms with van der Waals surface area (Å²) in [6.07, 6.45) is 4.66. The van der Waals surface area contributed by atoms with Crippen LogP contribution in [0.5, 0.6) is 0 Å². The van der Waals surface area contributed by atoms with Crippen LogP contribution < -0.4 is 10.6 Å². The van der Waals surface area contributed by atoms with Crippen molar-refractivity contribution >= 4 is 17.7 Å². The van der Waals surface area contributed by atoms with Crippen LogP contribution in [0.25, 0.3) is 0 Å². The van der Waals surface area contributed by atoms with Gasteiger partial charge in [0.25, 0.3) is 0 Å². The molecule has 2 saturated heterocycles. The highest BCUT2D eigenvalue weighted by Gasteiger charge is 2.32. The first-order valence-electron chi connectivity index (χ1n) is 10.8. The molecule has 2 aliphatic heterocycles. The van der Waals surface area contributed by atoms with Gasteiger partial charge in [0, 0.05) is 31.9 Å². The highest BCUT2D eigenvalue weighted by atomic mass is 16.6. The largest absolute Gasteiger partial charge is 0.444 e. The summed E-state index contributed by atoms with van der Waals surface area (Å²) < 4.78 is 5.51. The molecule has 2 fully saturated rings. The van der Waals surface area contributed by atoms with E-state index in [1.807, 2.05) is 37.8 Å². The van der Waals surface area contributed by atoms with Crippen LogP contribution in [-0.4, -0.2) is 48.7 Å². The van der Waals surface area contributed by atoms with E-state index in [-0.39, 0.29) is 12.0 Å². The van der Waals surface area contributed by atoms with Crippen LogP contribution in [-0.2, 0) is 16.0 Å². The summed E-state index contributed by atoms with van der Waals surface area (Å²) in [4.78, 5) is 27.6. The molecule has 0 atom stereocenters. The maximum absolute atomic E-state index is 12.3. The molecule has 3 rings (SSSR count). The molecule has 1 aromatic rings. The summed E-state index contributed by atoms with van der Waals surface area (Å²) in [5.41, 5.74) is 7.02. The summed E-state index contributed by atoms with van der Waals surface area (Å²) in [6, 6.07) is 8.19. The van der Waals surface area contributed by atoms with Crippen LogP contribution in [0.2, 0.25) is 0 Å². The van der Waals surface area contributed by atoms with E-state index < -0.39 is 5.60 Å². The molecule has 0 aromatic heterocycles. The number of ether oxygens (including phenoxy) is 1. The first-order chi connectivity index (χ1) is 13.7. The Hall–Kier alpha value is -2.24. The number of carbonyl (C=O) groups excluding carboxylic acids is 2. The summed E-state index contributed by atoms with van der Waals surface area (Å²) in [6.45, 7) is 9.48. The molecule has 0 unspecified atom stereocenters. The number of carbonyl (C=O) groups is 2. The number of rotatable bonds is 4. The first-order valence-corrected chi connectivity index (χ1v) is 10.8. The molecule has 0 saturated carbocycles. The van der Waals surface area contributed by atoms with Gasteiger partial charge in [-0.3, -0.25) is 4.79 Å². The van der Waals surface area contributed by atoms with Gasteiger partial charge < -0.3 is 20.3 Å². The second kappa shape index (κ2) is 9.06. The molecule has 0 aliphatic carbocycles. The van der Waals surface area contributed by atoms with E-state index in [0.717, 1.165) is 50.5 Å². The number of amides is 2. The van der Waals surface area contributed by atoms with Gasteiger partial charge in [0.15, 0.2) is 0 Å². The Morgan fingerprint density at radius 3 is 1.97 bits per heavy atom. The SMILES string of the molecule is CC(C)(C)OC(=O)N1CCC(C2CCN(c3ccc(CC(N)=O)cc3)CC2)CC1. The van der Waals surface area contributed by atoms with Crippen LogP contribution in [0.1, 0.15) is 52.0 Å². The molecule has 6 nitrogen and oxygen atoms in total. The zero-order valence-corrected chi connectivity index (χ0v) is 18.0. The topological polar surface area (TPSA) is 75.9 Å². The zero-order valence-electron chi connectivity index (χ0n) is 18.0. The minimum Gasteiger partial charge on any atom is -0.444 e. The lowest BCUT2D eigenvalue weighted by atomic mass is 9.79. The van der Waals surface area contributed by atoms with Crippen LogP contribution in [0.4, 0.5) is 10.5 Å². The zero-order chi connectivity index (χ0) is 21.0. The van der Waals surface area contributed by atoms with Crippen molar-refractivity contribution in [3.8, 4) is 0 Å². The molecule has 1 aromatic carbocycles. The monoisotopic (exact) mass is 401 g/mol. The van der Waals surface area contributed by atoms with Crippen molar-refractivity contribution in [2.75, 3.05) is 31.1 Å². The van der Waals surface area contributed by atoms with Gasteiger partial charge in [0.1, 0.15) is 5.60 Å². The van der Waals surface area contributed by atoms with Crippen LogP contribution >= 0.6 is 0 Å². The molecule has 2 aliphatic rings. The molecule has 160 valence electrons. The minimum absolute atomic E-state index is 0.175. The second-order valence-corrected chi connectivity index (χ2v) is 9.44. The molecule has 29 heavy (non-hydrogen) atoms. The number of likely N-dealkylation sites (tertiary alicyclic amines) is 1. The molecule has 6 heteroatoms. The highest BCUT2D eigenvalue weighted by molar-refractivity contribution is 5.76. The predicted octanol–water partition coefficient (Wildman–Crippen LogP) is 3.58. The van der Waals surface area contributed by atoms with E-state index in [1.165, 1.54) is 18.5 Å². The van der Waals surface area contributed by atoms with Gasteiger partial charge in [-0.1, -0.05) is 12.1 Å². The van der Waals surface area contributed by atoms with E-state index in [4.69, 9.17) is 10.5 Å². The third-order valence-electron chi connectivity index (χ3n) is 6.08. The molecule has 0 spiro atoms. The molecule has 2 N–H and O–H groups in total. The van der Waals surface area contributed by atoms with Gasteiger partial charge in [-0.25, -0.2) is 4.79 Å². The summed E-state index contributed by atoms with van der Waals surface area (Å²) >= 11 is 0. The van der Waals surface area contributed by atoms with Crippen molar-refractivity contribution in [2.45, 2.75) is 58.5 Å². The standard InChI is InChI=1S/C23H35N3O3/c1-23(2,3)29-22(28)26-14-10-19(11-15-26)18-8-12-25(13-9-18)20-6-4-17(5-7-20)16-21(24)27/h4-7,18-19H,8-16H2,1-3H3,(H2,24,27). The molecular weight excluding hydrogens is 366 g/mol. The van der Waals surface area contributed by atoms with Gasteiger partial charge >= 0.3 is 6.09 Å². The fraction of sp³-hybridized carbons (Fsp3) is 0.652. The van der Waals surface area contributed by atoms with Crippen molar-refractivity contribution in [1.82, 2.24) is 4.90 Å². The molecule has 2 amide bonds. The number of nitrogens with zero attached hydrogens (tertiary/aromatic N) is 2. The van der Waals surface area contributed by atoms with Crippen molar-refractivity contribution in [2.24, 2.45) is 17.6 Å². The third kappa shape index (κ3) is 6.12. The average Bonchev–Trinajstić information content (AvgIpc) is 2.67. The first kappa shape index (κ1) is 21.5. The van der Waals surface area contributed by atoms with Crippen molar-refractivity contribution < 1.29 is 14.3 Å². The Labute approximate surface area is 174 Å². The van der Waals surface area contributed by atoms with Crippen molar-refractivity contribution in [3.63, 3.8) is 0 Å². The third-order valence-corrected chi connectivity index (χ3v) is 6.08. The quantitative estimate of drug-likeness (QED) is 0.837. The van der Waals surface area contributed by atoms with Gasteiger partial charge in [-0.15, -0.1) is 0 Å². The summed E-state index contributed by atoms with van der Waals surface area (Å²) in [5.74, 6) is 1.14. The van der Waals surface area contributed by atoms with E-state index in [0.29, 0.717) is 12.3 Å². The lowest BCUT2D eigenvalue weighted by Gasteiger charge is -2.41. The molecule has 2 heterocycles. The lowest BCUT2D eigenvalue weighted by Crippen LogP contribution is -2.44. The summed E-state index contributed by atoms with van der Waals surface area (Å²) in [5, 5.41) is 0. The second-order valence-electron chi connectivity index (χ2n) is 9.44. The number of primary amides is 1. The van der Waals surface area contributed by atoms with Crippen LogP contribution in [0.3, 0.4) is 0 Å². The lowest BCUT2D eigenvalue weighted by molar-refractivity contribution is -0.117. The van der Waals surface area contributed by atoms with E-state index in [1.54, 1.807) is 0 Å². The normalized spacial score (nSPS) is 19.3. The smallest absolute Gasteiger partial charge is 0.410 e. The Kier molecular flexibility index (Phi) is 6.70. The number of benzene rings is 1. The Morgan fingerprint density at radius 2 is 1.48 bits per heavy atom. The van der Waals surface area contributed by atoms with E-state index >= 15 is 0 Å². The van der Waals surface area contributed by atoms with E-state index in [9.17, 15) is 9.59 Å². The number of anilines is 1. The van der Waals surface area contributed by atoms with Gasteiger partial charge in [-0.2, -0.15) is 0 Å². The number of hydrogen-bond acceptors (Lipinski definition) is 4. The highest BCUT2D eigenvalue weighted by Crippen LogP contribution is 2.34. The fourth-order valence-corrected chi connectivity index (χ4v) is 4.53. The van der Waals surface area contributed by atoms with Gasteiger partial charge in [0.2, 0.25) is 5.91 Å². The van der Waals surface area contributed by atoms with Crippen LogP contribution in [0, 0.1) is 11.8 Å². The van der Waals surface area contributed by atoms with Crippen molar-refractivity contribution in [3.05, 3.63) is 29.8 Å². The fourth-order valence-electron chi connectivity index (χ4n) is 4.53. The minimum atomic E-state index is -0.432. The molecule has 0 bridgehead atoms. The maximum Gasteiger partial charge on any atom is 0.410 e. The molecule has 0 radical (unpaired) electrons. The maximum atomic E-state index is 12.3. The number of nitrogens with two attached hydrogens (primary N) is 1. The van der Waals surface area contributed by atoms with Crippen molar-refractivity contribution in [1.29, 1.82) is 0 Å². The molecular formula is C23H35N3O3. The average molecular weight is 402 g/mol. The Morgan fingerprint density at radius 1 is 0.966 bits per heavy atom. The van der Waals surface area contributed by atoms with Crippen LogP contribution in [0.15, 0.2) is 24.3 Å². The predicted molar refractivity (Wildman–Crippen MR) is 115 cm³/mol. The summed E-state index contributed by atoms with van der Waals surface area (Å²) in [7, 11) is 0. The number of piperidine rings is 2. The van der Waals surface area contributed by atoms with E-state index in [2.05, 4.69) is 17.0 Å². The Balaban J connectivity index is 1.44. The number of hydrogen-bond donors (Lipinski definition) is 1.